The van der Waals surface area contributed by atoms with Crippen molar-refractivity contribution in [3.63, 3.8) is 0 Å². The predicted molar refractivity (Wildman–Crippen MR) is 105 cm³/mol. The third-order valence-corrected chi connectivity index (χ3v) is 5.16. The molecule has 2 aliphatic heterocycles. The Morgan fingerprint density at radius 3 is 2.70 bits per heavy atom. The molecular formula is C21H21N5O. The maximum absolute atomic E-state index is 5.45. The number of aliphatic imine (C=N–C) groups is 1. The topological polar surface area (TPSA) is 55.5 Å². The number of pyridine rings is 1. The Balaban J connectivity index is 1.50. The first-order chi connectivity index (χ1) is 13.3. The van der Waals surface area contributed by atoms with Crippen molar-refractivity contribution in [2.24, 2.45) is 12.0 Å². The van der Waals surface area contributed by atoms with Gasteiger partial charge in [-0.2, -0.15) is 5.10 Å². The van der Waals surface area contributed by atoms with E-state index in [9.17, 15) is 0 Å². The second-order valence-electron chi connectivity index (χ2n) is 6.94. The molecule has 0 atom stereocenters. The van der Waals surface area contributed by atoms with Crippen LogP contribution >= 0.6 is 0 Å². The highest BCUT2D eigenvalue weighted by Crippen LogP contribution is 2.29. The van der Waals surface area contributed by atoms with Gasteiger partial charge in [0.15, 0.2) is 0 Å². The Hall–Kier alpha value is -2.99. The zero-order valence-corrected chi connectivity index (χ0v) is 15.3. The van der Waals surface area contributed by atoms with Gasteiger partial charge in [0.1, 0.15) is 5.82 Å². The summed E-state index contributed by atoms with van der Waals surface area (Å²) in [5, 5.41) is 4.29. The van der Waals surface area contributed by atoms with E-state index in [1.54, 1.807) is 0 Å². The van der Waals surface area contributed by atoms with E-state index >= 15 is 0 Å². The zero-order chi connectivity index (χ0) is 18.2. The number of nitrogens with zero attached hydrogens (tertiary/aromatic N) is 5. The molecule has 1 saturated heterocycles. The molecule has 0 saturated carbocycles. The smallest absolute Gasteiger partial charge is 0.129 e. The van der Waals surface area contributed by atoms with Crippen molar-refractivity contribution in [1.29, 1.82) is 0 Å². The van der Waals surface area contributed by atoms with Crippen LogP contribution in [0.25, 0.3) is 11.1 Å². The molecule has 6 nitrogen and oxygen atoms in total. The molecule has 6 heteroatoms. The van der Waals surface area contributed by atoms with Crippen LogP contribution in [0, 0.1) is 0 Å². The summed E-state index contributed by atoms with van der Waals surface area (Å²) in [6, 6.07) is 10.8. The average Bonchev–Trinajstić information content (AvgIpc) is 3.34. The number of anilines is 1. The molecule has 5 rings (SSSR count). The number of aromatic nitrogens is 3. The number of fused-ring (bicyclic) bond motifs is 1. The highest BCUT2D eigenvalue weighted by molar-refractivity contribution is 6.15. The van der Waals surface area contributed by atoms with E-state index in [1.807, 2.05) is 30.3 Å². The van der Waals surface area contributed by atoms with Crippen molar-refractivity contribution in [3.05, 3.63) is 65.6 Å². The van der Waals surface area contributed by atoms with Crippen LogP contribution in [0.3, 0.4) is 0 Å². The maximum Gasteiger partial charge on any atom is 0.129 e. The lowest BCUT2D eigenvalue weighted by molar-refractivity contribution is 0.122. The number of hydrogen-bond donors (Lipinski definition) is 0. The van der Waals surface area contributed by atoms with E-state index < -0.39 is 0 Å². The lowest BCUT2D eigenvalue weighted by Crippen LogP contribution is -2.36. The van der Waals surface area contributed by atoms with Gasteiger partial charge in [-0.05, 0) is 29.3 Å². The van der Waals surface area contributed by atoms with E-state index in [-0.39, 0.29) is 0 Å². The minimum Gasteiger partial charge on any atom is -0.378 e. The first-order valence-electron chi connectivity index (χ1n) is 9.24. The summed E-state index contributed by atoms with van der Waals surface area (Å²) >= 11 is 0. The first-order valence-corrected chi connectivity index (χ1v) is 9.24. The number of rotatable bonds is 3. The SMILES string of the molecule is Cn1cc(-c2ccc3c(c2)C(c2ccnc(N4CCOCC4)c2)=NC3)cn1. The standard InChI is InChI=1S/C21H21N5O/c1-25-14-18(13-24-25)15-2-3-17-12-23-21(19(17)10-15)16-4-5-22-20(11-16)26-6-8-27-9-7-26/h2-5,10-11,13-14H,6-9,12H2,1H3. The quantitative estimate of drug-likeness (QED) is 0.721. The Bertz CT molecular complexity index is 1020. The van der Waals surface area contributed by atoms with Gasteiger partial charge < -0.3 is 9.64 Å². The Kier molecular flexibility index (Phi) is 3.98. The normalized spacial score (nSPS) is 16.3. The van der Waals surface area contributed by atoms with Gasteiger partial charge in [0, 0.05) is 49.2 Å². The van der Waals surface area contributed by atoms with Crippen LogP contribution in [0.15, 0.2) is 53.9 Å². The summed E-state index contributed by atoms with van der Waals surface area (Å²) in [5.74, 6) is 0.996. The summed E-state index contributed by atoms with van der Waals surface area (Å²) in [7, 11) is 1.94. The van der Waals surface area contributed by atoms with E-state index in [4.69, 9.17) is 9.73 Å². The maximum atomic E-state index is 5.45. The fraction of sp³-hybridized carbons (Fsp3) is 0.286. The molecule has 3 aromatic rings. The number of ether oxygens (including phenoxy) is 1. The molecule has 1 aromatic carbocycles. The van der Waals surface area contributed by atoms with Crippen molar-refractivity contribution in [3.8, 4) is 11.1 Å². The minimum absolute atomic E-state index is 0.729. The molecule has 2 aliphatic rings. The van der Waals surface area contributed by atoms with Crippen molar-refractivity contribution < 1.29 is 4.74 Å². The predicted octanol–water partition coefficient (Wildman–Crippen LogP) is 2.67. The van der Waals surface area contributed by atoms with Crippen molar-refractivity contribution >= 4 is 11.5 Å². The van der Waals surface area contributed by atoms with Crippen LogP contribution in [-0.2, 0) is 18.3 Å². The summed E-state index contributed by atoms with van der Waals surface area (Å²) in [5.41, 5.74) is 6.92. The molecule has 0 N–H and O–H groups in total. The first kappa shape index (κ1) is 16.2. The van der Waals surface area contributed by atoms with Crippen molar-refractivity contribution in [2.45, 2.75) is 6.54 Å². The number of morpholine rings is 1. The number of aryl methyl sites for hydroxylation is 1. The second kappa shape index (κ2) is 6.63. The molecule has 2 aromatic heterocycles. The van der Waals surface area contributed by atoms with Gasteiger partial charge in [-0.15, -0.1) is 0 Å². The minimum atomic E-state index is 0.729. The molecule has 0 bridgehead atoms. The fourth-order valence-corrected chi connectivity index (χ4v) is 3.71. The average molecular weight is 359 g/mol. The molecule has 27 heavy (non-hydrogen) atoms. The van der Waals surface area contributed by atoms with Gasteiger partial charge >= 0.3 is 0 Å². The summed E-state index contributed by atoms with van der Waals surface area (Å²) in [6.45, 7) is 4.00. The molecule has 0 amide bonds. The highest BCUT2D eigenvalue weighted by atomic mass is 16.5. The van der Waals surface area contributed by atoms with E-state index in [2.05, 4.69) is 45.3 Å². The molecule has 0 aliphatic carbocycles. The summed E-state index contributed by atoms with van der Waals surface area (Å²) in [6.07, 6.45) is 5.82. The second-order valence-corrected chi connectivity index (χ2v) is 6.94. The molecule has 0 spiro atoms. The molecule has 1 fully saturated rings. The van der Waals surface area contributed by atoms with Gasteiger partial charge in [-0.25, -0.2) is 4.98 Å². The fourth-order valence-electron chi connectivity index (χ4n) is 3.71. The number of hydrogen-bond acceptors (Lipinski definition) is 5. The van der Waals surface area contributed by atoms with Crippen molar-refractivity contribution in [2.75, 3.05) is 31.2 Å². The van der Waals surface area contributed by atoms with Crippen LogP contribution in [0.4, 0.5) is 5.82 Å². The van der Waals surface area contributed by atoms with Gasteiger partial charge in [0.05, 0.1) is 31.7 Å². The lowest BCUT2D eigenvalue weighted by atomic mass is 9.96. The molecule has 136 valence electrons. The van der Waals surface area contributed by atoms with E-state index in [0.29, 0.717) is 0 Å². The Labute approximate surface area is 158 Å². The van der Waals surface area contributed by atoms with Gasteiger partial charge in [-0.3, -0.25) is 9.67 Å². The Morgan fingerprint density at radius 2 is 1.89 bits per heavy atom. The third kappa shape index (κ3) is 3.02. The largest absolute Gasteiger partial charge is 0.378 e. The van der Waals surface area contributed by atoms with Crippen LogP contribution in [0.1, 0.15) is 16.7 Å². The lowest BCUT2D eigenvalue weighted by Gasteiger charge is -2.28. The van der Waals surface area contributed by atoms with Crippen LogP contribution < -0.4 is 4.90 Å². The van der Waals surface area contributed by atoms with Crippen LogP contribution in [0.2, 0.25) is 0 Å². The highest BCUT2D eigenvalue weighted by Gasteiger charge is 2.20. The van der Waals surface area contributed by atoms with E-state index in [1.165, 1.54) is 16.7 Å². The van der Waals surface area contributed by atoms with E-state index in [0.717, 1.165) is 55.5 Å². The monoisotopic (exact) mass is 359 g/mol. The van der Waals surface area contributed by atoms with Crippen molar-refractivity contribution in [1.82, 2.24) is 14.8 Å². The zero-order valence-electron chi connectivity index (χ0n) is 15.3. The van der Waals surface area contributed by atoms with Crippen LogP contribution in [-0.4, -0.2) is 46.8 Å². The summed E-state index contributed by atoms with van der Waals surface area (Å²) in [4.78, 5) is 11.7. The molecule has 0 radical (unpaired) electrons. The van der Waals surface area contributed by atoms with Crippen LogP contribution in [0.5, 0.6) is 0 Å². The van der Waals surface area contributed by atoms with Gasteiger partial charge in [0.2, 0.25) is 0 Å². The molecule has 4 heterocycles. The Morgan fingerprint density at radius 1 is 1.00 bits per heavy atom. The number of benzene rings is 1. The molecule has 0 unspecified atom stereocenters. The van der Waals surface area contributed by atoms with Gasteiger partial charge in [0.25, 0.3) is 0 Å². The summed E-state index contributed by atoms with van der Waals surface area (Å²) < 4.78 is 7.28. The molecular weight excluding hydrogens is 338 g/mol. The third-order valence-electron chi connectivity index (χ3n) is 5.16. The van der Waals surface area contributed by atoms with Gasteiger partial charge in [-0.1, -0.05) is 12.1 Å².